The molecular weight excluding hydrogens is 272 g/mol. The Kier molecular flexibility index (Phi) is 4.38. The van der Waals surface area contributed by atoms with E-state index in [1.807, 2.05) is 6.08 Å². The van der Waals surface area contributed by atoms with Gasteiger partial charge in [0.15, 0.2) is 0 Å². The molecular formula is C16H17Br. The molecule has 0 N–H and O–H groups in total. The van der Waals surface area contributed by atoms with E-state index in [0.29, 0.717) is 5.92 Å². The van der Waals surface area contributed by atoms with Crippen LogP contribution in [-0.2, 0) is 0 Å². The summed E-state index contributed by atoms with van der Waals surface area (Å²) >= 11 is 3.53. The summed E-state index contributed by atoms with van der Waals surface area (Å²) in [6.07, 6.45) is 4.22. The Bertz CT molecular complexity index is 502. The highest BCUT2D eigenvalue weighted by molar-refractivity contribution is 9.09. The highest BCUT2D eigenvalue weighted by Crippen LogP contribution is 2.27. The van der Waals surface area contributed by atoms with Gasteiger partial charge in [-0.2, -0.15) is 0 Å². The van der Waals surface area contributed by atoms with Gasteiger partial charge in [0, 0.05) is 5.33 Å². The van der Waals surface area contributed by atoms with Gasteiger partial charge in [-0.1, -0.05) is 64.5 Å². The molecule has 0 radical (unpaired) electrons. The minimum Gasteiger partial charge on any atom is -0.103 e. The van der Waals surface area contributed by atoms with Crippen molar-refractivity contribution in [3.05, 3.63) is 60.7 Å². The summed E-state index contributed by atoms with van der Waals surface area (Å²) in [5.74, 6) is 0.580. The molecule has 0 aliphatic rings. The Morgan fingerprint density at radius 3 is 2.59 bits per heavy atom. The van der Waals surface area contributed by atoms with E-state index in [0.717, 1.165) is 18.2 Å². The van der Waals surface area contributed by atoms with E-state index in [-0.39, 0.29) is 0 Å². The molecule has 2 rings (SSSR count). The van der Waals surface area contributed by atoms with Crippen molar-refractivity contribution in [3.63, 3.8) is 0 Å². The van der Waals surface area contributed by atoms with Crippen LogP contribution in [0.1, 0.15) is 24.3 Å². The van der Waals surface area contributed by atoms with Crippen molar-refractivity contribution < 1.29 is 0 Å². The number of fused-ring (bicyclic) bond motifs is 1. The largest absolute Gasteiger partial charge is 0.103 e. The summed E-state index contributed by atoms with van der Waals surface area (Å²) in [5.41, 5.74) is 1.42. The Balaban J connectivity index is 2.35. The van der Waals surface area contributed by atoms with Gasteiger partial charge in [0.05, 0.1) is 0 Å². The highest BCUT2D eigenvalue weighted by Gasteiger charge is 2.09. The number of benzene rings is 2. The first-order chi connectivity index (χ1) is 8.35. The van der Waals surface area contributed by atoms with Crippen LogP contribution >= 0.6 is 15.9 Å². The van der Waals surface area contributed by atoms with Gasteiger partial charge >= 0.3 is 0 Å². The predicted octanol–water partition coefficient (Wildman–Crippen LogP) is 5.28. The third-order valence-corrected chi connectivity index (χ3v) is 3.61. The molecule has 2 aromatic carbocycles. The maximum Gasteiger partial charge on any atom is 0.00372 e. The maximum atomic E-state index is 3.86. The van der Waals surface area contributed by atoms with Crippen molar-refractivity contribution in [1.29, 1.82) is 0 Å². The molecule has 0 aliphatic heterocycles. The van der Waals surface area contributed by atoms with Crippen molar-refractivity contribution in [2.24, 2.45) is 0 Å². The van der Waals surface area contributed by atoms with Gasteiger partial charge in [0.25, 0.3) is 0 Å². The quantitative estimate of drug-likeness (QED) is 0.518. The zero-order chi connectivity index (χ0) is 12.1. The average molecular weight is 289 g/mol. The summed E-state index contributed by atoms with van der Waals surface area (Å²) in [6, 6.07) is 15.3. The minimum atomic E-state index is 0.580. The second-order valence-corrected chi connectivity index (χ2v) is 5.10. The van der Waals surface area contributed by atoms with Crippen LogP contribution in [0.25, 0.3) is 10.8 Å². The fourth-order valence-electron chi connectivity index (χ4n) is 2.22. The third-order valence-electron chi connectivity index (χ3n) is 3.15. The number of allylic oxidation sites excluding steroid dienone is 1. The van der Waals surface area contributed by atoms with Gasteiger partial charge in [0.2, 0.25) is 0 Å². The molecule has 17 heavy (non-hydrogen) atoms. The summed E-state index contributed by atoms with van der Waals surface area (Å²) in [4.78, 5) is 0. The molecule has 1 unspecified atom stereocenters. The molecule has 0 amide bonds. The summed E-state index contributed by atoms with van der Waals surface area (Å²) in [5, 5.41) is 3.68. The SMILES string of the molecule is C=CCC(CCBr)c1ccc2ccccc2c1. The van der Waals surface area contributed by atoms with E-state index >= 15 is 0 Å². The second kappa shape index (κ2) is 6.02. The minimum absolute atomic E-state index is 0.580. The molecule has 0 fully saturated rings. The second-order valence-electron chi connectivity index (χ2n) is 4.31. The molecule has 0 spiro atoms. The Hall–Kier alpha value is -1.08. The molecule has 0 aromatic heterocycles. The zero-order valence-corrected chi connectivity index (χ0v) is 11.5. The molecule has 0 heterocycles. The summed E-state index contributed by atoms with van der Waals surface area (Å²) in [7, 11) is 0. The fraction of sp³-hybridized carbons (Fsp3) is 0.250. The third kappa shape index (κ3) is 2.98. The van der Waals surface area contributed by atoms with E-state index < -0.39 is 0 Å². The normalized spacial score (nSPS) is 12.5. The van der Waals surface area contributed by atoms with Crippen molar-refractivity contribution in [2.75, 3.05) is 5.33 Å². The monoisotopic (exact) mass is 288 g/mol. The van der Waals surface area contributed by atoms with Gasteiger partial charge in [-0.3, -0.25) is 0 Å². The van der Waals surface area contributed by atoms with Crippen LogP contribution in [0.3, 0.4) is 0 Å². The van der Waals surface area contributed by atoms with Gasteiger partial charge in [-0.25, -0.2) is 0 Å². The van der Waals surface area contributed by atoms with Gasteiger partial charge in [-0.05, 0) is 35.1 Å². The number of hydrogen-bond donors (Lipinski definition) is 0. The standard InChI is InChI=1S/C16H17Br/c1-2-5-13(10-11-17)16-9-8-14-6-3-4-7-15(14)12-16/h2-4,6-9,12-13H,1,5,10-11H2. The smallest absolute Gasteiger partial charge is 0.00372 e. The molecule has 1 heteroatoms. The molecule has 0 saturated heterocycles. The molecule has 0 saturated carbocycles. The molecule has 2 aromatic rings. The Morgan fingerprint density at radius 2 is 1.88 bits per heavy atom. The van der Waals surface area contributed by atoms with E-state index in [1.165, 1.54) is 16.3 Å². The number of alkyl halides is 1. The number of halogens is 1. The van der Waals surface area contributed by atoms with E-state index in [4.69, 9.17) is 0 Å². The lowest BCUT2D eigenvalue weighted by atomic mass is 9.91. The lowest BCUT2D eigenvalue weighted by Gasteiger charge is -2.14. The first-order valence-electron chi connectivity index (χ1n) is 6.00. The van der Waals surface area contributed by atoms with Crippen LogP contribution in [0.5, 0.6) is 0 Å². The van der Waals surface area contributed by atoms with Crippen molar-refractivity contribution >= 4 is 26.7 Å². The van der Waals surface area contributed by atoms with Crippen LogP contribution in [0, 0.1) is 0 Å². The lowest BCUT2D eigenvalue weighted by molar-refractivity contribution is 0.684. The summed E-state index contributed by atoms with van der Waals surface area (Å²) < 4.78 is 0. The van der Waals surface area contributed by atoms with Crippen LogP contribution in [-0.4, -0.2) is 5.33 Å². The van der Waals surface area contributed by atoms with Crippen LogP contribution in [0.2, 0.25) is 0 Å². The first-order valence-corrected chi connectivity index (χ1v) is 7.13. The van der Waals surface area contributed by atoms with Crippen LogP contribution in [0.4, 0.5) is 0 Å². The Labute approximate surface area is 111 Å². The average Bonchev–Trinajstić information content (AvgIpc) is 2.38. The van der Waals surface area contributed by atoms with Crippen molar-refractivity contribution in [1.82, 2.24) is 0 Å². The van der Waals surface area contributed by atoms with E-state index in [9.17, 15) is 0 Å². The topological polar surface area (TPSA) is 0 Å². The lowest BCUT2D eigenvalue weighted by Crippen LogP contribution is -1.98. The molecule has 0 nitrogen and oxygen atoms in total. The summed E-state index contributed by atoms with van der Waals surface area (Å²) in [6.45, 7) is 3.86. The highest BCUT2D eigenvalue weighted by atomic mass is 79.9. The fourth-order valence-corrected chi connectivity index (χ4v) is 2.77. The molecule has 0 bridgehead atoms. The van der Waals surface area contributed by atoms with Gasteiger partial charge in [0.1, 0.15) is 0 Å². The van der Waals surface area contributed by atoms with Crippen LogP contribution in [0.15, 0.2) is 55.1 Å². The number of hydrogen-bond acceptors (Lipinski definition) is 0. The Morgan fingerprint density at radius 1 is 1.12 bits per heavy atom. The number of rotatable bonds is 5. The molecule has 0 aliphatic carbocycles. The maximum absolute atomic E-state index is 3.86. The zero-order valence-electron chi connectivity index (χ0n) is 9.90. The van der Waals surface area contributed by atoms with Crippen molar-refractivity contribution in [2.45, 2.75) is 18.8 Å². The molecule has 88 valence electrons. The van der Waals surface area contributed by atoms with E-state index in [1.54, 1.807) is 0 Å². The van der Waals surface area contributed by atoms with Gasteiger partial charge < -0.3 is 0 Å². The van der Waals surface area contributed by atoms with Gasteiger partial charge in [-0.15, -0.1) is 6.58 Å². The molecule has 1 atom stereocenters. The first kappa shape index (κ1) is 12.4. The van der Waals surface area contributed by atoms with E-state index in [2.05, 4.69) is 65.0 Å². The predicted molar refractivity (Wildman–Crippen MR) is 79.9 cm³/mol. The van der Waals surface area contributed by atoms with Crippen molar-refractivity contribution in [3.8, 4) is 0 Å². The van der Waals surface area contributed by atoms with Crippen LogP contribution < -0.4 is 0 Å².